The van der Waals surface area contributed by atoms with E-state index < -0.39 is 0 Å². The fraction of sp³-hybridized carbons (Fsp3) is 0.0357. The second-order valence-electron chi connectivity index (χ2n) is 8.19. The Balaban J connectivity index is 1.43. The number of hydrogen-bond donors (Lipinski definition) is 1. The Labute approximate surface area is 211 Å². The summed E-state index contributed by atoms with van der Waals surface area (Å²) in [4.78, 5) is 32.7. The van der Waals surface area contributed by atoms with Gasteiger partial charge in [-0.05, 0) is 24.3 Å². The highest BCUT2D eigenvalue weighted by Crippen LogP contribution is 2.38. The first-order valence-corrected chi connectivity index (χ1v) is 12.1. The number of thiazole rings is 1. The van der Waals surface area contributed by atoms with Crippen LogP contribution in [-0.2, 0) is 7.05 Å². The van der Waals surface area contributed by atoms with Gasteiger partial charge in [-0.1, -0.05) is 59.9 Å². The molecule has 8 heteroatoms. The molecule has 36 heavy (non-hydrogen) atoms. The lowest BCUT2D eigenvalue weighted by Gasteiger charge is -2.09. The molecule has 7 nitrogen and oxygen atoms in total. The van der Waals surface area contributed by atoms with Gasteiger partial charge in [-0.15, -0.1) is 0 Å². The van der Waals surface area contributed by atoms with Crippen molar-refractivity contribution in [1.29, 1.82) is 0 Å². The molecule has 0 radical (unpaired) electrons. The van der Waals surface area contributed by atoms with Gasteiger partial charge in [-0.25, -0.2) is 15.0 Å². The standard InChI is InChI=1S/C28H20N6OS/c1-34-16-15-30-26(34)25-24(19-7-3-2-4-8-19)32-28(36-25)33-27(35)21-17-23(18-11-13-29-14-12-18)31-22-10-6-5-9-20(21)22/h2-17H,1H3,(H,32,33,35). The van der Waals surface area contributed by atoms with Crippen LogP contribution in [0.15, 0.2) is 97.6 Å². The largest absolute Gasteiger partial charge is 0.333 e. The number of hydrogen-bond acceptors (Lipinski definition) is 6. The molecule has 0 atom stereocenters. The molecule has 6 aromatic rings. The van der Waals surface area contributed by atoms with E-state index in [2.05, 4.69) is 15.3 Å². The van der Waals surface area contributed by atoms with Gasteiger partial charge in [0.15, 0.2) is 11.0 Å². The van der Waals surface area contributed by atoms with Crippen LogP contribution in [0.2, 0.25) is 0 Å². The predicted molar refractivity (Wildman–Crippen MR) is 143 cm³/mol. The molecule has 0 aliphatic carbocycles. The third-order valence-electron chi connectivity index (χ3n) is 5.86. The number of anilines is 1. The quantitative estimate of drug-likeness (QED) is 0.318. The van der Waals surface area contributed by atoms with Crippen LogP contribution in [0.3, 0.4) is 0 Å². The van der Waals surface area contributed by atoms with E-state index in [1.165, 1.54) is 11.3 Å². The van der Waals surface area contributed by atoms with Crippen molar-refractivity contribution in [2.24, 2.45) is 7.05 Å². The molecule has 1 N–H and O–H groups in total. The summed E-state index contributed by atoms with van der Waals surface area (Å²) in [7, 11) is 1.94. The number of nitrogens with one attached hydrogen (secondary N) is 1. The summed E-state index contributed by atoms with van der Waals surface area (Å²) in [6.45, 7) is 0. The van der Waals surface area contributed by atoms with Crippen molar-refractivity contribution in [2.75, 3.05) is 5.32 Å². The van der Waals surface area contributed by atoms with Gasteiger partial charge in [-0.3, -0.25) is 15.1 Å². The summed E-state index contributed by atoms with van der Waals surface area (Å²) >= 11 is 1.40. The topological polar surface area (TPSA) is 85.6 Å². The molecule has 4 heterocycles. The van der Waals surface area contributed by atoms with Crippen LogP contribution < -0.4 is 5.32 Å². The monoisotopic (exact) mass is 488 g/mol. The Bertz CT molecular complexity index is 1690. The maximum atomic E-state index is 13.6. The van der Waals surface area contributed by atoms with Crippen LogP contribution in [0.5, 0.6) is 0 Å². The van der Waals surface area contributed by atoms with E-state index in [9.17, 15) is 4.79 Å². The van der Waals surface area contributed by atoms with Gasteiger partial charge in [0.2, 0.25) is 0 Å². The number of carbonyl (C=O) groups excluding carboxylic acids is 1. The van der Waals surface area contributed by atoms with Crippen molar-refractivity contribution < 1.29 is 4.79 Å². The first kappa shape index (κ1) is 21.8. The van der Waals surface area contributed by atoms with Crippen LogP contribution in [0.4, 0.5) is 5.13 Å². The highest BCUT2D eigenvalue weighted by Gasteiger charge is 2.21. The maximum Gasteiger partial charge on any atom is 0.258 e. The first-order valence-electron chi connectivity index (χ1n) is 11.3. The van der Waals surface area contributed by atoms with Crippen molar-refractivity contribution in [1.82, 2.24) is 24.5 Å². The summed E-state index contributed by atoms with van der Waals surface area (Å²) in [6.07, 6.45) is 7.08. The molecule has 0 saturated heterocycles. The van der Waals surface area contributed by atoms with Crippen molar-refractivity contribution in [3.63, 3.8) is 0 Å². The Morgan fingerprint density at radius 2 is 1.67 bits per heavy atom. The molecule has 2 aromatic carbocycles. The number of pyridine rings is 2. The number of fused-ring (bicyclic) bond motifs is 1. The van der Waals surface area contributed by atoms with Crippen LogP contribution in [0.1, 0.15) is 10.4 Å². The number of carbonyl (C=O) groups is 1. The summed E-state index contributed by atoms with van der Waals surface area (Å²) in [5.41, 5.74) is 4.61. The molecule has 0 unspecified atom stereocenters. The zero-order chi connectivity index (χ0) is 24.5. The number of aryl methyl sites for hydroxylation is 1. The van der Waals surface area contributed by atoms with Gasteiger partial charge in [-0.2, -0.15) is 0 Å². The van der Waals surface area contributed by atoms with Gasteiger partial charge in [0.05, 0.1) is 27.3 Å². The van der Waals surface area contributed by atoms with E-state index in [4.69, 9.17) is 9.97 Å². The Kier molecular flexibility index (Phi) is 5.55. The third-order valence-corrected chi connectivity index (χ3v) is 6.82. The van der Waals surface area contributed by atoms with E-state index in [0.717, 1.165) is 38.4 Å². The molecule has 6 rings (SSSR count). The minimum absolute atomic E-state index is 0.247. The normalized spacial score (nSPS) is 11.0. The molecular formula is C28H20N6OS. The number of aromatic nitrogens is 5. The lowest BCUT2D eigenvalue weighted by Crippen LogP contribution is -2.13. The molecule has 0 fully saturated rings. The Hall–Kier alpha value is -4.69. The van der Waals surface area contributed by atoms with Gasteiger partial charge >= 0.3 is 0 Å². The van der Waals surface area contributed by atoms with Gasteiger partial charge in [0.25, 0.3) is 5.91 Å². The van der Waals surface area contributed by atoms with Crippen molar-refractivity contribution in [3.8, 4) is 33.2 Å². The highest BCUT2D eigenvalue weighted by molar-refractivity contribution is 7.19. The summed E-state index contributed by atoms with van der Waals surface area (Å²) in [5.74, 6) is 0.546. The number of amides is 1. The zero-order valence-electron chi connectivity index (χ0n) is 19.3. The van der Waals surface area contributed by atoms with Crippen LogP contribution >= 0.6 is 11.3 Å². The second kappa shape index (κ2) is 9.16. The van der Waals surface area contributed by atoms with Gasteiger partial charge < -0.3 is 4.57 Å². The molecular weight excluding hydrogens is 468 g/mol. The van der Waals surface area contributed by atoms with E-state index in [-0.39, 0.29) is 5.91 Å². The van der Waals surface area contributed by atoms with Crippen molar-refractivity contribution >= 4 is 33.3 Å². The fourth-order valence-electron chi connectivity index (χ4n) is 4.10. The van der Waals surface area contributed by atoms with Crippen LogP contribution in [0.25, 0.3) is 44.1 Å². The molecule has 0 aliphatic rings. The van der Waals surface area contributed by atoms with Crippen molar-refractivity contribution in [3.05, 3.63) is 103 Å². The minimum Gasteiger partial charge on any atom is -0.333 e. The first-order chi connectivity index (χ1) is 17.7. The van der Waals surface area contributed by atoms with E-state index in [1.54, 1.807) is 18.6 Å². The number of benzene rings is 2. The average Bonchev–Trinajstić information content (AvgIpc) is 3.54. The van der Waals surface area contributed by atoms with Crippen LogP contribution in [0, 0.1) is 0 Å². The number of imidazole rings is 1. The number of nitrogens with zero attached hydrogens (tertiary/aromatic N) is 5. The molecule has 0 aliphatic heterocycles. The minimum atomic E-state index is -0.247. The SMILES string of the molecule is Cn1ccnc1-c1sc(NC(=O)c2cc(-c3ccncc3)nc3ccccc23)nc1-c1ccccc1. The van der Waals surface area contributed by atoms with E-state index >= 15 is 0 Å². The molecule has 0 saturated carbocycles. The predicted octanol–water partition coefficient (Wildman–Crippen LogP) is 6.07. The van der Waals surface area contributed by atoms with Gasteiger partial charge in [0.1, 0.15) is 0 Å². The fourth-order valence-corrected chi connectivity index (χ4v) is 5.12. The Morgan fingerprint density at radius 3 is 2.44 bits per heavy atom. The summed E-state index contributed by atoms with van der Waals surface area (Å²) in [5, 5.41) is 4.31. The van der Waals surface area contributed by atoms with Gasteiger partial charge in [0, 0.05) is 48.3 Å². The molecule has 1 amide bonds. The zero-order valence-corrected chi connectivity index (χ0v) is 20.1. The number of rotatable bonds is 5. The Morgan fingerprint density at radius 1 is 0.889 bits per heavy atom. The molecule has 174 valence electrons. The third kappa shape index (κ3) is 4.03. The highest BCUT2D eigenvalue weighted by atomic mass is 32.1. The second-order valence-corrected chi connectivity index (χ2v) is 9.19. The molecule has 0 bridgehead atoms. The van der Waals surface area contributed by atoms with Crippen LogP contribution in [-0.4, -0.2) is 30.4 Å². The molecule has 0 spiro atoms. The molecule has 4 aromatic heterocycles. The van der Waals surface area contributed by atoms with E-state index in [0.29, 0.717) is 16.4 Å². The summed E-state index contributed by atoms with van der Waals surface area (Å²) in [6, 6.07) is 23.1. The summed E-state index contributed by atoms with van der Waals surface area (Å²) < 4.78 is 1.95. The lowest BCUT2D eigenvalue weighted by atomic mass is 10.0. The number of para-hydroxylation sites is 1. The lowest BCUT2D eigenvalue weighted by molar-refractivity contribution is 0.102. The van der Waals surface area contributed by atoms with Crippen molar-refractivity contribution in [2.45, 2.75) is 0 Å². The average molecular weight is 489 g/mol. The maximum absolute atomic E-state index is 13.6. The smallest absolute Gasteiger partial charge is 0.258 e. The van der Waals surface area contributed by atoms with E-state index in [1.807, 2.05) is 90.6 Å².